The molecule has 4 nitrogen and oxygen atoms in total. The maximum atomic E-state index is 10.4. The van der Waals surface area contributed by atoms with Gasteiger partial charge in [0, 0.05) is 44.1 Å². The highest BCUT2D eigenvalue weighted by molar-refractivity contribution is 5.75. The first kappa shape index (κ1) is 26.7. The summed E-state index contributed by atoms with van der Waals surface area (Å²) < 4.78 is 0. The van der Waals surface area contributed by atoms with Crippen LogP contribution in [-0.2, 0) is 13.1 Å². The van der Waals surface area contributed by atoms with Gasteiger partial charge in [0.05, 0.1) is 0 Å². The molecule has 0 fully saturated rings. The van der Waals surface area contributed by atoms with E-state index in [0.29, 0.717) is 0 Å². The van der Waals surface area contributed by atoms with Gasteiger partial charge in [0.25, 0.3) is 0 Å². The summed E-state index contributed by atoms with van der Waals surface area (Å²) in [5.41, 5.74) is 8.52. The number of allylic oxidation sites excluding steroid dienone is 8. The minimum absolute atomic E-state index is 0.771. The zero-order chi connectivity index (χ0) is 24.1. The molecule has 0 bridgehead atoms. The molecule has 0 saturated carbocycles. The molecule has 0 spiro atoms. The van der Waals surface area contributed by atoms with Crippen molar-refractivity contribution in [3.05, 3.63) is 119 Å². The molecule has 1 aliphatic heterocycles. The molecule has 1 aromatic carbocycles. The number of nitrogens with one attached hydrogen (secondary N) is 2. The Kier molecular flexibility index (Phi) is 11.5. The molecule has 170 valence electrons. The molecular formula is C28H37N3O. The molecule has 4 heteroatoms. The van der Waals surface area contributed by atoms with Crippen LogP contribution in [0.4, 0.5) is 0 Å². The van der Waals surface area contributed by atoms with Crippen LogP contribution in [-0.4, -0.2) is 25.3 Å². The Morgan fingerprint density at radius 1 is 1.09 bits per heavy atom. The third kappa shape index (κ3) is 7.71. The topological polar surface area (TPSA) is 44.4 Å². The van der Waals surface area contributed by atoms with Gasteiger partial charge in [0.1, 0.15) is 6.29 Å². The highest BCUT2D eigenvalue weighted by Crippen LogP contribution is 2.21. The average Bonchev–Trinajstić information content (AvgIpc) is 3.28. The Hall–Kier alpha value is -3.37. The van der Waals surface area contributed by atoms with Crippen LogP contribution in [0.2, 0.25) is 0 Å². The second kappa shape index (κ2) is 13.8. The smallest absolute Gasteiger partial charge is 0.150 e. The molecule has 32 heavy (non-hydrogen) atoms. The van der Waals surface area contributed by atoms with Crippen molar-refractivity contribution in [2.45, 2.75) is 33.9 Å². The van der Waals surface area contributed by atoms with Gasteiger partial charge in [-0.3, -0.25) is 4.79 Å². The Bertz CT molecular complexity index is 961. The number of rotatable bonds is 9. The molecule has 0 amide bonds. The first-order valence-corrected chi connectivity index (χ1v) is 10.7. The molecule has 0 unspecified atom stereocenters. The van der Waals surface area contributed by atoms with Crippen molar-refractivity contribution >= 4 is 6.29 Å². The molecule has 0 aromatic heterocycles. The molecule has 0 aliphatic carbocycles. The molecule has 1 aromatic rings. The van der Waals surface area contributed by atoms with Crippen molar-refractivity contribution in [1.29, 1.82) is 0 Å². The van der Waals surface area contributed by atoms with Crippen LogP contribution in [0, 0.1) is 0 Å². The minimum atomic E-state index is 0.771. The molecule has 2 rings (SSSR count). The summed E-state index contributed by atoms with van der Waals surface area (Å²) in [5.74, 6) is 0. The second-order valence-electron chi connectivity index (χ2n) is 7.37. The highest BCUT2D eigenvalue weighted by atomic mass is 16.1. The standard InChI is InChI=1S/C19H28N2.C9H9NO/c1-9-17(10-2)18(14-16(6)20-7)13-15(5)19(11-3)21(8)12-4;11-6-7-1-2-8-4-10-5-9(8)3-7/h9-14,20H,1,4-5H2,2-3,6-8H3;1-3,6,10H,4-5H2/b16-14+,17-10-,18-13-,19-11-;. The van der Waals surface area contributed by atoms with Gasteiger partial charge in [-0.25, -0.2) is 0 Å². The van der Waals surface area contributed by atoms with E-state index in [1.54, 1.807) is 6.20 Å². The van der Waals surface area contributed by atoms with E-state index in [0.717, 1.165) is 53.1 Å². The van der Waals surface area contributed by atoms with Crippen LogP contribution in [0.3, 0.4) is 0 Å². The summed E-state index contributed by atoms with van der Waals surface area (Å²) >= 11 is 0. The second-order valence-corrected chi connectivity index (χ2v) is 7.37. The van der Waals surface area contributed by atoms with Crippen molar-refractivity contribution in [1.82, 2.24) is 15.5 Å². The zero-order valence-corrected chi connectivity index (χ0v) is 20.2. The van der Waals surface area contributed by atoms with Gasteiger partial charge in [-0.2, -0.15) is 0 Å². The lowest BCUT2D eigenvalue weighted by Gasteiger charge is -2.19. The van der Waals surface area contributed by atoms with E-state index in [1.165, 1.54) is 11.1 Å². The lowest BCUT2D eigenvalue weighted by atomic mass is 10.0. The summed E-state index contributed by atoms with van der Waals surface area (Å²) in [6.45, 7) is 19.7. The Morgan fingerprint density at radius 2 is 1.78 bits per heavy atom. The molecule has 0 saturated heterocycles. The fraction of sp³-hybridized carbons (Fsp3) is 0.250. The predicted molar refractivity (Wildman–Crippen MR) is 138 cm³/mol. The third-order valence-electron chi connectivity index (χ3n) is 5.21. The molecule has 1 aliphatic rings. The summed E-state index contributed by atoms with van der Waals surface area (Å²) in [6, 6.07) is 5.82. The van der Waals surface area contributed by atoms with Gasteiger partial charge >= 0.3 is 0 Å². The molecule has 1 heterocycles. The summed E-state index contributed by atoms with van der Waals surface area (Å²) in [7, 11) is 3.87. The van der Waals surface area contributed by atoms with Gasteiger partial charge in [0.15, 0.2) is 0 Å². The SMILES string of the molecule is C=CC(=C/C)/C(=C\C(=C)/C(=C/C)N(C)C=C)/C=C(\C)NC.O=Cc1ccc2c(c1)CNC2. The number of nitrogens with zero attached hydrogens (tertiary/aromatic N) is 1. The maximum Gasteiger partial charge on any atom is 0.150 e. The number of carbonyl (C=O) groups is 1. The van der Waals surface area contributed by atoms with E-state index in [2.05, 4.69) is 42.5 Å². The van der Waals surface area contributed by atoms with Crippen LogP contribution < -0.4 is 10.6 Å². The number of hydrogen-bond acceptors (Lipinski definition) is 4. The Labute approximate surface area is 194 Å². The molecular weight excluding hydrogens is 394 g/mol. The van der Waals surface area contributed by atoms with Crippen molar-refractivity contribution < 1.29 is 4.79 Å². The molecule has 0 atom stereocenters. The first-order valence-electron chi connectivity index (χ1n) is 10.7. The average molecular weight is 432 g/mol. The monoisotopic (exact) mass is 431 g/mol. The summed E-state index contributed by atoms with van der Waals surface area (Å²) in [6.07, 6.45) is 12.7. The summed E-state index contributed by atoms with van der Waals surface area (Å²) in [5, 5.41) is 6.36. The van der Waals surface area contributed by atoms with Crippen LogP contribution in [0.5, 0.6) is 0 Å². The number of benzene rings is 1. The van der Waals surface area contributed by atoms with Crippen LogP contribution in [0.1, 0.15) is 42.3 Å². The van der Waals surface area contributed by atoms with Crippen molar-refractivity contribution in [2.24, 2.45) is 0 Å². The van der Waals surface area contributed by atoms with Gasteiger partial charge in [-0.15, -0.1) is 0 Å². The maximum absolute atomic E-state index is 10.4. The largest absolute Gasteiger partial charge is 0.392 e. The number of hydrogen-bond donors (Lipinski definition) is 2. The van der Waals surface area contributed by atoms with Crippen molar-refractivity contribution in [3.8, 4) is 0 Å². The van der Waals surface area contributed by atoms with Gasteiger partial charge in [0.2, 0.25) is 0 Å². The third-order valence-corrected chi connectivity index (χ3v) is 5.21. The lowest BCUT2D eigenvalue weighted by molar-refractivity contribution is 0.112. The first-order chi connectivity index (χ1) is 15.3. The van der Waals surface area contributed by atoms with E-state index < -0.39 is 0 Å². The minimum Gasteiger partial charge on any atom is -0.392 e. The van der Waals surface area contributed by atoms with Crippen LogP contribution in [0.25, 0.3) is 0 Å². The fourth-order valence-corrected chi connectivity index (χ4v) is 3.28. The molecule has 2 N–H and O–H groups in total. The van der Waals surface area contributed by atoms with E-state index >= 15 is 0 Å². The van der Waals surface area contributed by atoms with Crippen molar-refractivity contribution in [3.63, 3.8) is 0 Å². The van der Waals surface area contributed by atoms with Gasteiger partial charge in [-0.05, 0) is 73.0 Å². The zero-order valence-electron chi connectivity index (χ0n) is 20.2. The highest BCUT2D eigenvalue weighted by Gasteiger charge is 2.09. The Morgan fingerprint density at radius 3 is 2.31 bits per heavy atom. The van der Waals surface area contributed by atoms with Gasteiger partial charge < -0.3 is 15.5 Å². The van der Waals surface area contributed by atoms with E-state index in [-0.39, 0.29) is 0 Å². The fourth-order valence-electron chi connectivity index (χ4n) is 3.28. The van der Waals surface area contributed by atoms with Crippen LogP contribution >= 0.6 is 0 Å². The lowest BCUT2D eigenvalue weighted by Crippen LogP contribution is -2.10. The number of carbonyl (C=O) groups excluding carboxylic acids is 1. The number of aldehydes is 1. The number of fused-ring (bicyclic) bond motifs is 1. The quantitative estimate of drug-likeness (QED) is 0.383. The predicted octanol–water partition coefficient (Wildman–Crippen LogP) is 5.81. The van der Waals surface area contributed by atoms with E-state index in [9.17, 15) is 4.79 Å². The molecule has 0 radical (unpaired) electrons. The normalized spacial score (nSPS) is 14.0. The van der Waals surface area contributed by atoms with Gasteiger partial charge in [-0.1, -0.05) is 50.1 Å². The van der Waals surface area contributed by atoms with E-state index in [1.807, 2.05) is 76.2 Å². The van der Waals surface area contributed by atoms with E-state index in [4.69, 9.17) is 0 Å². The van der Waals surface area contributed by atoms with Crippen LogP contribution in [0.15, 0.2) is 103 Å². The Balaban J connectivity index is 0.000000382. The van der Waals surface area contributed by atoms with Crippen molar-refractivity contribution in [2.75, 3.05) is 14.1 Å². The summed E-state index contributed by atoms with van der Waals surface area (Å²) in [4.78, 5) is 12.3. The number of likely N-dealkylation sites (N-methyl/N-ethyl adjacent to an activating group) is 1.